The highest BCUT2D eigenvalue weighted by Gasteiger charge is 2.19. The van der Waals surface area contributed by atoms with Gasteiger partial charge in [-0.25, -0.2) is 0 Å². The van der Waals surface area contributed by atoms with Crippen molar-refractivity contribution >= 4 is 5.91 Å². The number of benzene rings is 1. The van der Waals surface area contributed by atoms with Gasteiger partial charge in [-0.1, -0.05) is 52.2 Å². The highest BCUT2D eigenvalue weighted by molar-refractivity contribution is 5.80. The van der Waals surface area contributed by atoms with E-state index in [2.05, 4.69) is 38.2 Å². The number of ether oxygens (including phenoxy) is 1. The lowest BCUT2D eigenvalue weighted by atomic mass is 9.87. The Morgan fingerprint density at radius 3 is 2.35 bits per heavy atom. The molecule has 3 heteroatoms. The molecule has 23 heavy (non-hydrogen) atoms. The molecule has 0 spiro atoms. The number of hydrogen-bond donors (Lipinski definition) is 1. The van der Waals surface area contributed by atoms with Gasteiger partial charge in [-0.15, -0.1) is 0 Å². The highest BCUT2D eigenvalue weighted by atomic mass is 16.5. The normalized spacial score (nSPS) is 17.6. The molecule has 1 aromatic rings. The summed E-state index contributed by atoms with van der Waals surface area (Å²) in [7, 11) is 0. The average molecular weight is 317 g/mol. The second-order valence-electron chi connectivity index (χ2n) is 7.78. The molecule has 1 atom stereocenters. The van der Waals surface area contributed by atoms with Gasteiger partial charge in [0.2, 0.25) is 0 Å². The van der Waals surface area contributed by atoms with Gasteiger partial charge in [-0.3, -0.25) is 4.79 Å². The predicted molar refractivity (Wildman–Crippen MR) is 94.8 cm³/mol. The van der Waals surface area contributed by atoms with Crippen molar-refractivity contribution in [1.29, 1.82) is 0 Å². The van der Waals surface area contributed by atoms with Crippen molar-refractivity contribution < 1.29 is 9.53 Å². The van der Waals surface area contributed by atoms with E-state index in [-0.39, 0.29) is 11.3 Å². The van der Waals surface area contributed by atoms with Crippen LogP contribution in [0.4, 0.5) is 0 Å². The molecule has 0 aromatic heterocycles. The Hall–Kier alpha value is -1.51. The SMILES string of the molecule is C[C@H](Oc1ccc(C(C)(C)C)cc1)C(=O)NCC1CCCCC1. The minimum Gasteiger partial charge on any atom is -0.481 e. The maximum atomic E-state index is 12.2. The summed E-state index contributed by atoms with van der Waals surface area (Å²) in [6.07, 6.45) is 5.96. The van der Waals surface area contributed by atoms with Gasteiger partial charge in [0.15, 0.2) is 6.10 Å². The van der Waals surface area contributed by atoms with Crippen LogP contribution in [0.2, 0.25) is 0 Å². The zero-order chi connectivity index (χ0) is 16.9. The zero-order valence-corrected chi connectivity index (χ0v) is 15.0. The summed E-state index contributed by atoms with van der Waals surface area (Å²) in [6.45, 7) is 9.15. The molecule has 0 bridgehead atoms. The molecule has 2 rings (SSSR count). The van der Waals surface area contributed by atoms with E-state index < -0.39 is 6.10 Å². The first kappa shape index (κ1) is 17.8. The lowest BCUT2D eigenvalue weighted by Gasteiger charge is -2.23. The van der Waals surface area contributed by atoms with Crippen molar-refractivity contribution in [3.8, 4) is 5.75 Å². The zero-order valence-electron chi connectivity index (χ0n) is 15.0. The van der Waals surface area contributed by atoms with Gasteiger partial charge in [0.05, 0.1) is 0 Å². The van der Waals surface area contributed by atoms with Crippen molar-refractivity contribution in [1.82, 2.24) is 5.32 Å². The lowest BCUT2D eigenvalue weighted by Crippen LogP contribution is -2.39. The Morgan fingerprint density at radius 2 is 1.78 bits per heavy atom. The van der Waals surface area contributed by atoms with Crippen LogP contribution in [0.1, 0.15) is 65.4 Å². The third kappa shape index (κ3) is 5.56. The summed E-state index contributed by atoms with van der Waals surface area (Å²) >= 11 is 0. The third-order valence-electron chi connectivity index (χ3n) is 4.69. The first-order chi connectivity index (χ1) is 10.9. The van der Waals surface area contributed by atoms with Crippen LogP contribution in [-0.2, 0) is 10.2 Å². The summed E-state index contributed by atoms with van der Waals surface area (Å²) < 4.78 is 5.77. The van der Waals surface area contributed by atoms with Crippen LogP contribution in [0.15, 0.2) is 24.3 Å². The first-order valence-electron chi connectivity index (χ1n) is 8.91. The Kier molecular flexibility index (Phi) is 6.09. The largest absolute Gasteiger partial charge is 0.481 e. The van der Waals surface area contributed by atoms with Gasteiger partial charge in [-0.05, 0) is 48.8 Å². The molecule has 0 aliphatic heterocycles. The van der Waals surface area contributed by atoms with Crippen LogP contribution in [0, 0.1) is 5.92 Å². The van der Waals surface area contributed by atoms with E-state index in [0.29, 0.717) is 5.92 Å². The van der Waals surface area contributed by atoms with Crippen molar-refractivity contribution in [2.75, 3.05) is 6.54 Å². The number of carbonyl (C=O) groups is 1. The van der Waals surface area contributed by atoms with Crippen LogP contribution in [0.3, 0.4) is 0 Å². The quantitative estimate of drug-likeness (QED) is 0.871. The molecule has 1 N–H and O–H groups in total. The molecule has 1 aromatic carbocycles. The lowest BCUT2D eigenvalue weighted by molar-refractivity contribution is -0.127. The molecule has 1 aliphatic carbocycles. The average Bonchev–Trinajstić information content (AvgIpc) is 2.53. The summed E-state index contributed by atoms with van der Waals surface area (Å²) in [6, 6.07) is 8.04. The Balaban J connectivity index is 1.80. The van der Waals surface area contributed by atoms with Crippen LogP contribution in [0.25, 0.3) is 0 Å². The number of nitrogens with one attached hydrogen (secondary N) is 1. The molecular formula is C20H31NO2. The molecule has 0 radical (unpaired) electrons. The van der Waals surface area contributed by atoms with Gasteiger partial charge < -0.3 is 10.1 Å². The highest BCUT2D eigenvalue weighted by Crippen LogP contribution is 2.25. The van der Waals surface area contributed by atoms with Gasteiger partial charge in [-0.2, -0.15) is 0 Å². The topological polar surface area (TPSA) is 38.3 Å². The Bertz CT molecular complexity index is 495. The second kappa shape index (κ2) is 7.85. The smallest absolute Gasteiger partial charge is 0.260 e. The summed E-state index contributed by atoms with van der Waals surface area (Å²) in [5.41, 5.74) is 1.39. The van der Waals surface area contributed by atoms with E-state index in [4.69, 9.17) is 4.74 Å². The number of hydrogen-bond acceptors (Lipinski definition) is 2. The first-order valence-corrected chi connectivity index (χ1v) is 8.91. The molecular weight excluding hydrogens is 286 g/mol. The minimum absolute atomic E-state index is 0.0181. The molecule has 0 heterocycles. The van der Waals surface area contributed by atoms with Crippen molar-refractivity contribution in [2.45, 2.75) is 71.3 Å². The monoisotopic (exact) mass is 317 g/mol. The van der Waals surface area contributed by atoms with Crippen molar-refractivity contribution in [2.24, 2.45) is 5.92 Å². The molecule has 1 fully saturated rings. The van der Waals surface area contributed by atoms with Crippen molar-refractivity contribution in [3.05, 3.63) is 29.8 Å². The number of carbonyl (C=O) groups excluding carboxylic acids is 1. The summed E-state index contributed by atoms with van der Waals surface area (Å²) in [5, 5.41) is 3.04. The maximum Gasteiger partial charge on any atom is 0.260 e. The van der Waals surface area contributed by atoms with Crippen molar-refractivity contribution in [3.63, 3.8) is 0 Å². The van der Waals surface area contributed by atoms with Crippen LogP contribution < -0.4 is 10.1 Å². The fourth-order valence-corrected chi connectivity index (χ4v) is 3.07. The van der Waals surface area contributed by atoms with Gasteiger partial charge in [0.25, 0.3) is 5.91 Å². The van der Waals surface area contributed by atoms with Crippen LogP contribution in [0.5, 0.6) is 5.75 Å². The fourth-order valence-electron chi connectivity index (χ4n) is 3.07. The van der Waals surface area contributed by atoms with Gasteiger partial charge in [0, 0.05) is 6.54 Å². The van der Waals surface area contributed by atoms with Gasteiger partial charge >= 0.3 is 0 Å². The standard InChI is InChI=1S/C20H31NO2/c1-15(19(22)21-14-16-8-6-5-7-9-16)23-18-12-10-17(11-13-18)20(2,3)4/h10-13,15-16H,5-9,14H2,1-4H3,(H,21,22)/t15-/m0/s1. The van der Waals surface area contributed by atoms with E-state index in [1.807, 2.05) is 19.1 Å². The van der Waals surface area contributed by atoms with E-state index in [1.54, 1.807) is 0 Å². The predicted octanol–water partition coefficient (Wildman–Crippen LogP) is 4.45. The molecule has 0 saturated heterocycles. The van der Waals surface area contributed by atoms with E-state index in [9.17, 15) is 4.79 Å². The molecule has 3 nitrogen and oxygen atoms in total. The number of rotatable bonds is 5. The molecule has 1 aliphatic rings. The summed E-state index contributed by atoms with van der Waals surface area (Å²) in [4.78, 5) is 12.2. The minimum atomic E-state index is -0.459. The third-order valence-corrected chi connectivity index (χ3v) is 4.69. The molecule has 1 saturated carbocycles. The molecule has 128 valence electrons. The van der Waals surface area contributed by atoms with Gasteiger partial charge in [0.1, 0.15) is 5.75 Å². The Morgan fingerprint density at radius 1 is 1.17 bits per heavy atom. The Labute approximate surface area is 140 Å². The van der Waals surface area contributed by atoms with Crippen LogP contribution >= 0.6 is 0 Å². The molecule has 0 unspecified atom stereocenters. The van der Waals surface area contributed by atoms with E-state index in [1.165, 1.54) is 37.7 Å². The molecule has 1 amide bonds. The van der Waals surface area contributed by atoms with Crippen LogP contribution in [-0.4, -0.2) is 18.6 Å². The van der Waals surface area contributed by atoms with E-state index in [0.717, 1.165) is 12.3 Å². The maximum absolute atomic E-state index is 12.2. The fraction of sp³-hybridized carbons (Fsp3) is 0.650. The second-order valence-corrected chi connectivity index (χ2v) is 7.78. The summed E-state index contributed by atoms with van der Waals surface area (Å²) in [5.74, 6) is 1.37. The number of amides is 1. The van der Waals surface area contributed by atoms with E-state index >= 15 is 0 Å².